The van der Waals surface area contributed by atoms with Crippen LogP contribution < -0.4 is 0 Å². The van der Waals surface area contributed by atoms with Crippen molar-refractivity contribution in [2.45, 2.75) is 25.2 Å². The van der Waals surface area contributed by atoms with Crippen LogP contribution in [-0.2, 0) is 17.3 Å². The molecule has 0 bridgehead atoms. The van der Waals surface area contributed by atoms with Gasteiger partial charge in [0, 0.05) is 24.1 Å². The van der Waals surface area contributed by atoms with E-state index in [2.05, 4.69) is 35.0 Å². The largest absolute Gasteiger partial charge is 0.351 e. The van der Waals surface area contributed by atoms with Crippen molar-refractivity contribution in [1.82, 2.24) is 4.57 Å². The van der Waals surface area contributed by atoms with Crippen LogP contribution in [0, 0.1) is 0 Å². The number of carbonyl (C=O) groups is 1. The molecule has 82 valence electrons. The van der Waals surface area contributed by atoms with Gasteiger partial charge < -0.3 is 4.57 Å². The van der Waals surface area contributed by atoms with E-state index in [1.54, 1.807) is 6.92 Å². The maximum atomic E-state index is 11.8. The molecule has 0 aliphatic heterocycles. The maximum absolute atomic E-state index is 11.8. The average Bonchev–Trinajstić information content (AvgIpc) is 3.00. The van der Waals surface area contributed by atoms with E-state index in [1.807, 2.05) is 7.05 Å². The van der Waals surface area contributed by atoms with Gasteiger partial charge >= 0.3 is 0 Å². The Morgan fingerprint density at radius 3 is 2.69 bits per heavy atom. The van der Waals surface area contributed by atoms with Crippen molar-refractivity contribution in [3.8, 4) is 0 Å². The standard InChI is InChI=1S/C14H15NO/c1-10(16)14(7-8-14)12-4-3-5-13-11(12)6-9-15(13)2/h3-6,9H,7-8H2,1-2H3. The summed E-state index contributed by atoms with van der Waals surface area (Å²) in [5.41, 5.74) is 2.27. The Kier molecular flexibility index (Phi) is 1.79. The van der Waals surface area contributed by atoms with E-state index < -0.39 is 0 Å². The van der Waals surface area contributed by atoms with Crippen LogP contribution in [0.15, 0.2) is 30.5 Å². The molecule has 0 amide bonds. The Hall–Kier alpha value is -1.57. The summed E-state index contributed by atoms with van der Waals surface area (Å²) in [6, 6.07) is 8.39. The highest BCUT2D eigenvalue weighted by molar-refractivity contribution is 5.97. The molecule has 0 N–H and O–H groups in total. The lowest BCUT2D eigenvalue weighted by molar-refractivity contribution is -0.119. The van der Waals surface area contributed by atoms with E-state index in [-0.39, 0.29) is 5.41 Å². The van der Waals surface area contributed by atoms with Crippen LogP contribution >= 0.6 is 0 Å². The molecule has 1 heterocycles. The van der Waals surface area contributed by atoms with Crippen LogP contribution in [0.5, 0.6) is 0 Å². The van der Waals surface area contributed by atoms with E-state index in [0.717, 1.165) is 12.8 Å². The van der Waals surface area contributed by atoms with Gasteiger partial charge in [-0.1, -0.05) is 12.1 Å². The summed E-state index contributed by atoms with van der Waals surface area (Å²) in [4.78, 5) is 11.8. The van der Waals surface area contributed by atoms with Crippen LogP contribution in [0.2, 0.25) is 0 Å². The summed E-state index contributed by atoms with van der Waals surface area (Å²) in [7, 11) is 2.04. The number of benzene rings is 1. The second-order valence-electron chi connectivity index (χ2n) is 4.80. The SMILES string of the molecule is CC(=O)C1(c2cccc3c2ccn3C)CC1. The molecule has 1 aromatic heterocycles. The van der Waals surface area contributed by atoms with Gasteiger partial charge in [0.25, 0.3) is 0 Å². The summed E-state index contributed by atoms with van der Waals surface area (Å²) in [6.45, 7) is 1.72. The second kappa shape index (κ2) is 2.97. The van der Waals surface area contributed by atoms with Crippen molar-refractivity contribution >= 4 is 16.7 Å². The molecule has 2 heteroatoms. The topological polar surface area (TPSA) is 22.0 Å². The monoisotopic (exact) mass is 213 g/mol. The number of rotatable bonds is 2. The van der Waals surface area contributed by atoms with Gasteiger partial charge in [-0.3, -0.25) is 4.79 Å². The van der Waals surface area contributed by atoms with Crippen LogP contribution in [0.25, 0.3) is 10.9 Å². The molecule has 1 aliphatic rings. The highest BCUT2D eigenvalue weighted by Gasteiger charge is 2.49. The number of fused-ring (bicyclic) bond motifs is 1. The molecule has 2 aromatic rings. The number of ketones is 1. The molecule has 1 fully saturated rings. The molecule has 0 radical (unpaired) electrons. The number of carbonyl (C=O) groups excluding carboxylic acids is 1. The van der Waals surface area contributed by atoms with Crippen LogP contribution in [0.3, 0.4) is 0 Å². The molecule has 0 spiro atoms. The molecule has 2 nitrogen and oxygen atoms in total. The first-order chi connectivity index (χ1) is 7.65. The van der Waals surface area contributed by atoms with Crippen LogP contribution in [0.1, 0.15) is 25.3 Å². The summed E-state index contributed by atoms with van der Waals surface area (Å²) >= 11 is 0. The van der Waals surface area contributed by atoms with Crippen molar-refractivity contribution in [3.05, 3.63) is 36.0 Å². The third kappa shape index (κ3) is 1.10. The van der Waals surface area contributed by atoms with Gasteiger partial charge in [-0.15, -0.1) is 0 Å². The minimum Gasteiger partial charge on any atom is -0.351 e. The van der Waals surface area contributed by atoms with Gasteiger partial charge in [-0.25, -0.2) is 0 Å². The fourth-order valence-electron chi connectivity index (χ4n) is 2.66. The molecule has 1 aromatic carbocycles. The predicted octanol–water partition coefficient (Wildman–Crippen LogP) is 2.80. The van der Waals surface area contributed by atoms with Crippen LogP contribution in [-0.4, -0.2) is 10.4 Å². The smallest absolute Gasteiger partial charge is 0.140 e. The van der Waals surface area contributed by atoms with Gasteiger partial charge in [0.1, 0.15) is 5.78 Å². The fraction of sp³-hybridized carbons (Fsp3) is 0.357. The first kappa shape index (κ1) is 9.64. The molecular formula is C14H15NO. The van der Waals surface area contributed by atoms with E-state index in [1.165, 1.54) is 16.5 Å². The average molecular weight is 213 g/mol. The Morgan fingerprint density at radius 2 is 2.06 bits per heavy atom. The van der Waals surface area contributed by atoms with Gasteiger partial charge in [-0.05, 0) is 37.5 Å². The predicted molar refractivity (Wildman–Crippen MR) is 64.5 cm³/mol. The first-order valence-corrected chi connectivity index (χ1v) is 5.71. The van der Waals surface area contributed by atoms with Gasteiger partial charge in [0.05, 0.1) is 5.41 Å². The molecule has 16 heavy (non-hydrogen) atoms. The zero-order valence-corrected chi connectivity index (χ0v) is 9.66. The number of aromatic nitrogens is 1. The second-order valence-corrected chi connectivity index (χ2v) is 4.80. The molecule has 3 rings (SSSR count). The number of hydrogen-bond donors (Lipinski definition) is 0. The van der Waals surface area contributed by atoms with Crippen molar-refractivity contribution in [1.29, 1.82) is 0 Å². The highest BCUT2D eigenvalue weighted by Crippen LogP contribution is 2.50. The van der Waals surface area contributed by atoms with Crippen molar-refractivity contribution < 1.29 is 4.79 Å². The molecule has 0 saturated heterocycles. The van der Waals surface area contributed by atoms with Crippen molar-refractivity contribution in [2.24, 2.45) is 7.05 Å². The Balaban J connectivity index is 2.29. The minimum absolute atomic E-state index is 0.166. The van der Waals surface area contributed by atoms with Gasteiger partial charge in [-0.2, -0.15) is 0 Å². The third-order valence-corrected chi connectivity index (χ3v) is 3.87. The third-order valence-electron chi connectivity index (χ3n) is 3.87. The lowest BCUT2D eigenvalue weighted by Crippen LogP contribution is -2.17. The Labute approximate surface area is 94.9 Å². The van der Waals surface area contributed by atoms with E-state index in [0.29, 0.717) is 5.78 Å². The first-order valence-electron chi connectivity index (χ1n) is 5.71. The Morgan fingerprint density at radius 1 is 1.31 bits per heavy atom. The van der Waals surface area contributed by atoms with Crippen molar-refractivity contribution in [3.63, 3.8) is 0 Å². The summed E-state index contributed by atoms with van der Waals surface area (Å²) in [5, 5.41) is 1.23. The Bertz CT molecular complexity index is 575. The van der Waals surface area contributed by atoms with Gasteiger partial charge in [0.2, 0.25) is 0 Å². The van der Waals surface area contributed by atoms with Gasteiger partial charge in [0.15, 0.2) is 0 Å². The molecule has 0 unspecified atom stereocenters. The lowest BCUT2D eigenvalue weighted by atomic mass is 9.89. The summed E-state index contributed by atoms with van der Waals surface area (Å²) < 4.78 is 2.11. The number of Topliss-reactive ketones (excluding diaryl/α,β-unsaturated/α-hetero) is 1. The number of nitrogens with zero attached hydrogens (tertiary/aromatic N) is 1. The maximum Gasteiger partial charge on any atom is 0.140 e. The van der Waals surface area contributed by atoms with E-state index >= 15 is 0 Å². The lowest BCUT2D eigenvalue weighted by Gasteiger charge is -2.13. The number of aryl methyl sites for hydroxylation is 1. The minimum atomic E-state index is -0.166. The summed E-state index contributed by atoms with van der Waals surface area (Å²) in [6.07, 6.45) is 4.08. The molecular weight excluding hydrogens is 198 g/mol. The zero-order chi connectivity index (χ0) is 11.3. The zero-order valence-electron chi connectivity index (χ0n) is 9.66. The molecule has 1 saturated carbocycles. The molecule has 1 aliphatic carbocycles. The van der Waals surface area contributed by atoms with Crippen molar-refractivity contribution in [2.75, 3.05) is 0 Å². The normalized spacial score (nSPS) is 17.6. The fourth-order valence-corrected chi connectivity index (χ4v) is 2.66. The van der Waals surface area contributed by atoms with E-state index in [4.69, 9.17) is 0 Å². The highest BCUT2D eigenvalue weighted by atomic mass is 16.1. The number of hydrogen-bond acceptors (Lipinski definition) is 1. The van der Waals surface area contributed by atoms with Crippen LogP contribution in [0.4, 0.5) is 0 Å². The molecule has 0 atom stereocenters. The van der Waals surface area contributed by atoms with E-state index in [9.17, 15) is 4.79 Å². The summed E-state index contributed by atoms with van der Waals surface area (Å²) in [5.74, 6) is 0.309. The quantitative estimate of drug-likeness (QED) is 0.751.